The molecular formula is C27H33N3O7. The van der Waals surface area contributed by atoms with Crippen molar-refractivity contribution in [3.05, 3.63) is 83.6 Å². The number of nitrogens with zero attached hydrogens (tertiary/aromatic N) is 1. The fourth-order valence-corrected chi connectivity index (χ4v) is 3.69. The second-order valence-corrected chi connectivity index (χ2v) is 8.02. The number of hydrogen-bond donors (Lipinski definition) is 3. The second kappa shape index (κ2) is 14.6. The van der Waals surface area contributed by atoms with Gasteiger partial charge in [0.2, 0.25) is 5.89 Å². The molecule has 3 rings (SSSR count). The van der Waals surface area contributed by atoms with Gasteiger partial charge in [0.1, 0.15) is 12.0 Å². The fraction of sp³-hybridized carbons (Fsp3) is 0.370. The van der Waals surface area contributed by atoms with Crippen LogP contribution in [0.15, 0.2) is 65.3 Å². The van der Waals surface area contributed by atoms with E-state index in [1.165, 1.54) is 6.26 Å². The Morgan fingerprint density at radius 3 is 2.46 bits per heavy atom. The molecule has 2 amide bonds. The molecule has 0 fully saturated rings. The Morgan fingerprint density at radius 1 is 1.03 bits per heavy atom. The van der Waals surface area contributed by atoms with E-state index in [4.69, 9.17) is 18.6 Å². The van der Waals surface area contributed by atoms with Crippen molar-refractivity contribution in [1.82, 2.24) is 15.6 Å². The number of rotatable bonds is 15. The Bertz CT molecular complexity index is 1110. The molecule has 10 heteroatoms. The summed E-state index contributed by atoms with van der Waals surface area (Å²) in [5.41, 5.74) is 1.68. The topological polar surface area (TPSA) is 132 Å². The highest BCUT2D eigenvalue weighted by molar-refractivity contribution is 5.91. The number of carboxylic acid groups (broad SMARTS) is 1. The van der Waals surface area contributed by atoms with Crippen LogP contribution in [0.1, 0.15) is 60.2 Å². The van der Waals surface area contributed by atoms with Gasteiger partial charge in [-0.05, 0) is 43.5 Å². The Hall–Kier alpha value is -3.89. The molecule has 37 heavy (non-hydrogen) atoms. The number of amides is 2. The molecule has 1 unspecified atom stereocenters. The molecule has 0 aliphatic heterocycles. The van der Waals surface area contributed by atoms with Crippen molar-refractivity contribution in [2.75, 3.05) is 19.8 Å². The molecule has 0 aliphatic carbocycles. The van der Waals surface area contributed by atoms with Crippen molar-refractivity contribution in [2.45, 2.75) is 45.6 Å². The summed E-state index contributed by atoms with van der Waals surface area (Å²) in [6, 6.07) is 15.8. The van der Waals surface area contributed by atoms with Crippen molar-refractivity contribution in [3.63, 3.8) is 0 Å². The molecule has 10 nitrogen and oxygen atoms in total. The first kappa shape index (κ1) is 27.7. The van der Waals surface area contributed by atoms with Gasteiger partial charge < -0.3 is 34.4 Å². The van der Waals surface area contributed by atoms with Crippen LogP contribution >= 0.6 is 0 Å². The molecule has 2 aromatic carbocycles. The lowest BCUT2D eigenvalue weighted by molar-refractivity contribution is -0.139. The average Bonchev–Trinajstić information content (AvgIpc) is 3.38. The number of hydrogen-bond acceptors (Lipinski definition) is 7. The van der Waals surface area contributed by atoms with Gasteiger partial charge in [0.15, 0.2) is 18.6 Å². The third-order valence-electron chi connectivity index (χ3n) is 5.35. The van der Waals surface area contributed by atoms with Gasteiger partial charge in [0, 0.05) is 26.2 Å². The molecule has 0 saturated heterocycles. The van der Waals surface area contributed by atoms with E-state index < -0.39 is 12.1 Å². The molecule has 0 spiro atoms. The van der Waals surface area contributed by atoms with Crippen molar-refractivity contribution >= 4 is 12.0 Å². The Balaban J connectivity index is 1.53. The van der Waals surface area contributed by atoms with Crippen LogP contribution in [0.3, 0.4) is 0 Å². The summed E-state index contributed by atoms with van der Waals surface area (Å²) in [5, 5.41) is 14.7. The third kappa shape index (κ3) is 8.93. The molecular weight excluding hydrogens is 478 g/mol. The van der Waals surface area contributed by atoms with Crippen LogP contribution in [0, 0.1) is 0 Å². The minimum absolute atomic E-state index is 0.00346. The molecule has 3 aromatic rings. The number of nitrogens with one attached hydrogen (secondary N) is 2. The smallest absolute Gasteiger partial charge is 0.405 e. The summed E-state index contributed by atoms with van der Waals surface area (Å²) in [7, 11) is 0. The number of carbonyl (C=O) groups is 2. The van der Waals surface area contributed by atoms with E-state index in [0.29, 0.717) is 38.3 Å². The lowest BCUT2D eigenvalue weighted by Gasteiger charge is -2.18. The minimum Gasteiger partial charge on any atom is -0.484 e. The van der Waals surface area contributed by atoms with E-state index in [2.05, 4.69) is 15.6 Å². The fourth-order valence-electron chi connectivity index (χ4n) is 3.69. The van der Waals surface area contributed by atoms with Crippen LogP contribution < -0.4 is 15.4 Å². The molecule has 198 valence electrons. The number of carbonyl (C=O) groups excluding carboxylic acids is 1. The van der Waals surface area contributed by atoms with Gasteiger partial charge in [-0.15, -0.1) is 0 Å². The highest BCUT2D eigenvalue weighted by atomic mass is 16.7. The third-order valence-corrected chi connectivity index (χ3v) is 5.35. The van der Waals surface area contributed by atoms with Gasteiger partial charge in [0.25, 0.3) is 5.91 Å². The zero-order valence-corrected chi connectivity index (χ0v) is 21.0. The van der Waals surface area contributed by atoms with Gasteiger partial charge in [-0.2, -0.15) is 0 Å². The quantitative estimate of drug-likeness (QED) is 0.200. The van der Waals surface area contributed by atoms with Gasteiger partial charge in [0.05, 0.1) is 6.04 Å². The van der Waals surface area contributed by atoms with Crippen LogP contribution in [0.4, 0.5) is 4.79 Å². The average molecular weight is 512 g/mol. The first-order valence-corrected chi connectivity index (χ1v) is 12.2. The van der Waals surface area contributed by atoms with Crippen molar-refractivity contribution < 1.29 is 33.3 Å². The Kier molecular flexibility index (Phi) is 10.9. The van der Waals surface area contributed by atoms with Crippen LogP contribution in [-0.2, 0) is 16.1 Å². The van der Waals surface area contributed by atoms with Gasteiger partial charge in [-0.3, -0.25) is 4.79 Å². The first-order valence-electron chi connectivity index (χ1n) is 12.2. The molecule has 0 saturated carbocycles. The van der Waals surface area contributed by atoms with Crippen molar-refractivity contribution in [3.8, 4) is 5.75 Å². The molecule has 1 heterocycles. The standard InChI is InChI=1S/C27H33N3O7/c1-3-34-24(35-4-2)14-9-15-28-26(31)22-17-37-23(29-22)18-36-21-13-8-12-20(16-21)25(30-27(32)33)19-10-6-5-7-11-19/h5-8,10-13,16-17,24-25,30H,3-4,9,14-15,18H2,1-2H3,(H,28,31)(H,32,33). The van der Waals surface area contributed by atoms with Crippen LogP contribution in [0.2, 0.25) is 0 Å². The summed E-state index contributed by atoms with van der Waals surface area (Å²) in [6.45, 7) is 5.41. The Labute approximate surface area is 215 Å². The minimum atomic E-state index is -1.13. The number of ether oxygens (including phenoxy) is 3. The predicted molar refractivity (Wildman–Crippen MR) is 135 cm³/mol. The summed E-state index contributed by atoms with van der Waals surface area (Å²) >= 11 is 0. The lowest BCUT2D eigenvalue weighted by atomic mass is 9.99. The molecule has 0 bridgehead atoms. The maximum atomic E-state index is 12.4. The van der Waals surface area contributed by atoms with E-state index in [1.807, 2.05) is 50.2 Å². The highest BCUT2D eigenvalue weighted by Gasteiger charge is 2.17. The monoisotopic (exact) mass is 511 g/mol. The summed E-state index contributed by atoms with van der Waals surface area (Å²) in [4.78, 5) is 27.9. The first-order chi connectivity index (χ1) is 18.0. The number of aromatic nitrogens is 1. The molecule has 1 atom stereocenters. The summed E-state index contributed by atoms with van der Waals surface area (Å²) in [6.07, 6.45) is 1.25. The largest absolute Gasteiger partial charge is 0.484 e. The zero-order chi connectivity index (χ0) is 26.5. The van der Waals surface area contributed by atoms with Crippen LogP contribution in [0.5, 0.6) is 5.75 Å². The van der Waals surface area contributed by atoms with Gasteiger partial charge in [-0.25, -0.2) is 9.78 Å². The Morgan fingerprint density at radius 2 is 1.76 bits per heavy atom. The normalized spacial score (nSPS) is 11.8. The predicted octanol–water partition coefficient (Wildman–Crippen LogP) is 4.52. The van der Waals surface area contributed by atoms with Crippen LogP contribution in [-0.4, -0.2) is 48.1 Å². The van der Waals surface area contributed by atoms with E-state index >= 15 is 0 Å². The highest BCUT2D eigenvalue weighted by Crippen LogP contribution is 2.25. The number of benzene rings is 2. The van der Waals surface area contributed by atoms with Gasteiger partial charge >= 0.3 is 6.09 Å². The summed E-state index contributed by atoms with van der Waals surface area (Å²) < 4.78 is 22.2. The maximum absolute atomic E-state index is 12.4. The lowest BCUT2D eigenvalue weighted by Crippen LogP contribution is -2.27. The van der Waals surface area contributed by atoms with Crippen LogP contribution in [0.25, 0.3) is 0 Å². The SMILES string of the molecule is CCOC(CCCNC(=O)c1coc(COc2cccc(C(NC(=O)O)c3ccccc3)c2)n1)OCC. The molecule has 0 aliphatic rings. The second-order valence-electron chi connectivity index (χ2n) is 8.02. The maximum Gasteiger partial charge on any atom is 0.405 e. The zero-order valence-electron chi connectivity index (χ0n) is 21.0. The summed E-state index contributed by atoms with van der Waals surface area (Å²) in [5.74, 6) is 0.409. The van der Waals surface area contributed by atoms with E-state index in [-0.39, 0.29) is 30.4 Å². The molecule has 1 aromatic heterocycles. The number of oxazole rings is 1. The van der Waals surface area contributed by atoms with Crippen molar-refractivity contribution in [2.24, 2.45) is 0 Å². The molecule has 0 radical (unpaired) electrons. The van der Waals surface area contributed by atoms with E-state index in [9.17, 15) is 14.7 Å². The van der Waals surface area contributed by atoms with E-state index in [1.54, 1.807) is 18.2 Å². The van der Waals surface area contributed by atoms with Gasteiger partial charge in [-0.1, -0.05) is 42.5 Å². The van der Waals surface area contributed by atoms with Crippen molar-refractivity contribution in [1.29, 1.82) is 0 Å². The van der Waals surface area contributed by atoms with E-state index in [0.717, 1.165) is 11.1 Å². The molecule has 3 N–H and O–H groups in total.